The van der Waals surface area contributed by atoms with Crippen molar-refractivity contribution in [1.82, 2.24) is 10.2 Å². The Kier molecular flexibility index (Phi) is 6.16. The molecule has 1 heterocycles. The van der Waals surface area contributed by atoms with Crippen molar-refractivity contribution in [3.8, 4) is 5.75 Å². The number of hydrogen-bond acceptors (Lipinski definition) is 4. The highest BCUT2D eigenvalue weighted by Gasteiger charge is 2.24. The third-order valence-electron chi connectivity index (χ3n) is 5.02. The molecule has 1 saturated heterocycles. The first-order chi connectivity index (χ1) is 13.1. The largest absolute Gasteiger partial charge is 0.493 e. The van der Waals surface area contributed by atoms with Crippen LogP contribution in [0.15, 0.2) is 36.4 Å². The molecule has 6 heteroatoms. The molecule has 1 aliphatic rings. The van der Waals surface area contributed by atoms with E-state index in [0.29, 0.717) is 43.5 Å². The number of methoxy groups -OCH3 is 1. The lowest BCUT2D eigenvalue weighted by atomic mass is 9.96. The van der Waals surface area contributed by atoms with Gasteiger partial charge in [-0.25, -0.2) is 4.79 Å². The second kappa shape index (κ2) is 8.75. The van der Waals surface area contributed by atoms with Crippen LogP contribution >= 0.6 is 0 Å². The smallest absolute Gasteiger partial charge is 0.409 e. The quantitative estimate of drug-likeness (QED) is 0.875. The summed E-state index contributed by atoms with van der Waals surface area (Å²) in [6, 6.07) is 11.7. The number of rotatable bonds is 5. The zero-order chi connectivity index (χ0) is 19.2. The maximum atomic E-state index is 12.9. The summed E-state index contributed by atoms with van der Waals surface area (Å²) in [5.74, 6) is 0.834. The van der Waals surface area contributed by atoms with E-state index in [2.05, 4.69) is 5.32 Å². The second-order valence-electron chi connectivity index (χ2n) is 6.70. The molecule has 144 valence electrons. The van der Waals surface area contributed by atoms with Crippen LogP contribution in [0.2, 0.25) is 0 Å². The number of carbonyl (C=O) groups excluding carboxylic acids is 2. The highest BCUT2D eigenvalue weighted by molar-refractivity contribution is 6.09. The van der Waals surface area contributed by atoms with Gasteiger partial charge in [-0.1, -0.05) is 30.3 Å². The van der Waals surface area contributed by atoms with Gasteiger partial charge in [0.05, 0.1) is 19.3 Å². The highest BCUT2D eigenvalue weighted by atomic mass is 16.5. The van der Waals surface area contributed by atoms with E-state index in [-0.39, 0.29) is 12.0 Å². The summed E-state index contributed by atoms with van der Waals surface area (Å²) in [6.07, 6.45) is 1.42. The van der Waals surface area contributed by atoms with Gasteiger partial charge in [0, 0.05) is 19.6 Å². The second-order valence-corrected chi connectivity index (χ2v) is 6.70. The minimum atomic E-state index is -0.283. The van der Waals surface area contributed by atoms with Crippen LogP contribution in [0.4, 0.5) is 4.79 Å². The number of ether oxygens (including phenoxy) is 2. The maximum Gasteiger partial charge on any atom is 0.409 e. The van der Waals surface area contributed by atoms with Gasteiger partial charge in [-0.3, -0.25) is 4.79 Å². The van der Waals surface area contributed by atoms with Crippen molar-refractivity contribution in [1.29, 1.82) is 0 Å². The van der Waals surface area contributed by atoms with E-state index in [0.717, 1.165) is 23.6 Å². The topological polar surface area (TPSA) is 67.9 Å². The Bertz CT molecular complexity index is 813. The zero-order valence-corrected chi connectivity index (χ0v) is 15.9. The molecule has 27 heavy (non-hydrogen) atoms. The van der Waals surface area contributed by atoms with Gasteiger partial charge in [0.2, 0.25) is 0 Å². The van der Waals surface area contributed by atoms with Gasteiger partial charge in [-0.15, -0.1) is 0 Å². The van der Waals surface area contributed by atoms with Crippen molar-refractivity contribution >= 4 is 22.8 Å². The molecule has 2 aromatic rings. The van der Waals surface area contributed by atoms with Gasteiger partial charge in [0.15, 0.2) is 0 Å². The van der Waals surface area contributed by atoms with Gasteiger partial charge < -0.3 is 19.7 Å². The molecule has 0 aliphatic carbocycles. The van der Waals surface area contributed by atoms with Crippen molar-refractivity contribution in [2.75, 3.05) is 33.4 Å². The SMILES string of the molecule is CCOc1ccc2ccccc2c1C(=O)NCC1CCN(C(=O)OC)CC1. The van der Waals surface area contributed by atoms with E-state index in [1.807, 2.05) is 43.3 Å². The third kappa shape index (κ3) is 4.32. The summed E-state index contributed by atoms with van der Waals surface area (Å²) >= 11 is 0. The number of carbonyl (C=O) groups is 2. The normalized spacial score (nSPS) is 14.8. The summed E-state index contributed by atoms with van der Waals surface area (Å²) in [5.41, 5.74) is 0.585. The fraction of sp³-hybridized carbons (Fsp3) is 0.429. The minimum absolute atomic E-state index is 0.120. The monoisotopic (exact) mass is 370 g/mol. The van der Waals surface area contributed by atoms with Crippen molar-refractivity contribution in [3.63, 3.8) is 0 Å². The zero-order valence-electron chi connectivity index (χ0n) is 15.9. The number of hydrogen-bond donors (Lipinski definition) is 1. The fourth-order valence-corrected chi connectivity index (χ4v) is 3.54. The molecule has 6 nitrogen and oxygen atoms in total. The van der Waals surface area contributed by atoms with Crippen LogP contribution in [0.25, 0.3) is 10.8 Å². The molecule has 0 radical (unpaired) electrons. The molecular weight excluding hydrogens is 344 g/mol. The van der Waals surface area contributed by atoms with Gasteiger partial charge in [-0.2, -0.15) is 0 Å². The molecule has 0 unspecified atom stereocenters. The molecule has 2 aromatic carbocycles. The van der Waals surface area contributed by atoms with Crippen LogP contribution < -0.4 is 10.1 Å². The van der Waals surface area contributed by atoms with Gasteiger partial charge in [-0.05, 0) is 42.5 Å². The average Bonchev–Trinajstić information content (AvgIpc) is 2.72. The van der Waals surface area contributed by atoms with Crippen LogP contribution in [0, 0.1) is 5.92 Å². The predicted octanol–water partition coefficient (Wildman–Crippen LogP) is 3.45. The summed E-state index contributed by atoms with van der Waals surface area (Å²) in [6.45, 7) is 4.32. The lowest BCUT2D eigenvalue weighted by Crippen LogP contribution is -2.41. The van der Waals surface area contributed by atoms with E-state index in [1.165, 1.54) is 7.11 Å². The number of piperidine rings is 1. The Hall–Kier alpha value is -2.76. The van der Waals surface area contributed by atoms with E-state index in [4.69, 9.17) is 9.47 Å². The first kappa shape index (κ1) is 19.0. The van der Waals surface area contributed by atoms with Crippen molar-refractivity contribution < 1.29 is 19.1 Å². The fourth-order valence-electron chi connectivity index (χ4n) is 3.54. The predicted molar refractivity (Wildman–Crippen MR) is 104 cm³/mol. The number of amides is 2. The van der Waals surface area contributed by atoms with Crippen LogP contribution in [-0.4, -0.2) is 50.3 Å². The Balaban J connectivity index is 1.68. The molecular formula is C21H26N2O4. The van der Waals surface area contributed by atoms with E-state index < -0.39 is 0 Å². The summed E-state index contributed by atoms with van der Waals surface area (Å²) in [4.78, 5) is 26.2. The first-order valence-electron chi connectivity index (χ1n) is 9.39. The van der Waals surface area contributed by atoms with Gasteiger partial charge >= 0.3 is 6.09 Å². The number of likely N-dealkylation sites (tertiary alicyclic amines) is 1. The molecule has 0 aromatic heterocycles. The number of nitrogens with zero attached hydrogens (tertiary/aromatic N) is 1. The molecule has 0 bridgehead atoms. The van der Waals surface area contributed by atoms with E-state index in [9.17, 15) is 9.59 Å². The standard InChI is InChI=1S/C21H26N2O4/c1-3-27-18-9-8-16-6-4-5-7-17(16)19(18)20(24)22-14-15-10-12-23(13-11-15)21(25)26-2/h4-9,15H,3,10-14H2,1-2H3,(H,22,24). The minimum Gasteiger partial charge on any atom is -0.493 e. The molecule has 0 spiro atoms. The number of benzene rings is 2. The Morgan fingerprint density at radius 3 is 2.59 bits per heavy atom. The molecule has 0 saturated carbocycles. The van der Waals surface area contributed by atoms with E-state index in [1.54, 1.807) is 4.90 Å². The molecule has 0 atom stereocenters. The van der Waals surface area contributed by atoms with Crippen LogP contribution in [0.1, 0.15) is 30.1 Å². The van der Waals surface area contributed by atoms with Crippen molar-refractivity contribution in [2.45, 2.75) is 19.8 Å². The average molecular weight is 370 g/mol. The van der Waals surface area contributed by atoms with Gasteiger partial charge in [0.25, 0.3) is 5.91 Å². The molecule has 1 N–H and O–H groups in total. The molecule has 2 amide bonds. The summed E-state index contributed by atoms with van der Waals surface area (Å²) in [5, 5.41) is 4.97. The Morgan fingerprint density at radius 2 is 1.89 bits per heavy atom. The summed E-state index contributed by atoms with van der Waals surface area (Å²) < 4.78 is 10.5. The third-order valence-corrected chi connectivity index (χ3v) is 5.02. The molecule has 1 aliphatic heterocycles. The van der Waals surface area contributed by atoms with Crippen molar-refractivity contribution in [3.05, 3.63) is 42.0 Å². The number of fused-ring (bicyclic) bond motifs is 1. The lowest BCUT2D eigenvalue weighted by Gasteiger charge is -2.31. The Labute approximate surface area is 159 Å². The van der Waals surface area contributed by atoms with Crippen LogP contribution in [0.5, 0.6) is 5.75 Å². The first-order valence-corrected chi connectivity index (χ1v) is 9.39. The van der Waals surface area contributed by atoms with Crippen LogP contribution in [0.3, 0.4) is 0 Å². The number of nitrogens with one attached hydrogen (secondary N) is 1. The van der Waals surface area contributed by atoms with E-state index >= 15 is 0 Å². The summed E-state index contributed by atoms with van der Waals surface area (Å²) in [7, 11) is 1.40. The maximum absolute atomic E-state index is 12.9. The lowest BCUT2D eigenvalue weighted by molar-refractivity contribution is 0.0912. The van der Waals surface area contributed by atoms with Crippen molar-refractivity contribution in [2.24, 2.45) is 5.92 Å². The molecule has 3 rings (SSSR count). The van der Waals surface area contributed by atoms with Crippen LogP contribution in [-0.2, 0) is 4.74 Å². The van der Waals surface area contributed by atoms with Gasteiger partial charge in [0.1, 0.15) is 5.75 Å². The molecule has 1 fully saturated rings. The Morgan fingerprint density at radius 1 is 1.15 bits per heavy atom. The highest BCUT2D eigenvalue weighted by Crippen LogP contribution is 2.28.